The second kappa shape index (κ2) is 6.80. The first kappa shape index (κ1) is 14.2. The molecule has 0 atom stereocenters. The van der Waals surface area contributed by atoms with Gasteiger partial charge in [-0.3, -0.25) is 0 Å². The minimum absolute atomic E-state index is 0.492. The number of nitrogens with two attached hydrogens (primary N) is 1. The molecule has 1 aromatic carbocycles. The largest absolute Gasteiger partial charge is 0.476 e. The molecule has 4 heteroatoms. The molecule has 1 heterocycles. The normalized spacial score (nSPS) is 10.3. The van der Waals surface area contributed by atoms with Crippen LogP contribution in [0.1, 0.15) is 25.8 Å². The van der Waals surface area contributed by atoms with Crippen molar-refractivity contribution in [2.75, 3.05) is 17.7 Å². The fourth-order valence-electron chi connectivity index (χ4n) is 1.92. The van der Waals surface area contributed by atoms with Crippen molar-refractivity contribution in [3.8, 4) is 5.88 Å². The van der Waals surface area contributed by atoms with Crippen LogP contribution in [0.25, 0.3) is 0 Å². The molecule has 0 aliphatic rings. The number of anilines is 3. The van der Waals surface area contributed by atoms with Crippen molar-refractivity contribution in [2.24, 2.45) is 0 Å². The Hall–Kier alpha value is -2.23. The average Bonchev–Trinajstić information content (AvgIpc) is 2.48. The van der Waals surface area contributed by atoms with E-state index in [0.717, 1.165) is 24.3 Å². The van der Waals surface area contributed by atoms with Crippen molar-refractivity contribution in [3.63, 3.8) is 0 Å². The summed E-state index contributed by atoms with van der Waals surface area (Å²) >= 11 is 0. The van der Waals surface area contributed by atoms with Gasteiger partial charge in [-0.2, -0.15) is 4.98 Å². The SMILES string of the molecule is CCCOc1nc(Nc2ccccc2CC)ccc1N. The lowest BCUT2D eigenvalue weighted by molar-refractivity contribution is 0.307. The van der Waals surface area contributed by atoms with Crippen molar-refractivity contribution in [2.45, 2.75) is 26.7 Å². The van der Waals surface area contributed by atoms with Crippen LogP contribution in [0, 0.1) is 0 Å². The standard InChI is InChI=1S/C16H21N3O/c1-3-11-20-16-13(17)9-10-15(19-16)18-14-8-6-5-7-12(14)4-2/h5-10H,3-4,11,17H2,1-2H3,(H,18,19). The van der Waals surface area contributed by atoms with E-state index in [9.17, 15) is 0 Å². The summed E-state index contributed by atoms with van der Waals surface area (Å²) in [7, 11) is 0. The van der Waals surface area contributed by atoms with Crippen LogP contribution in [-0.4, -0.2) is 11.6 Å². The van der Waals surface area contributed by atoms with Gasteiger partial charge in [0.2, 0.25) is 5.88 Å². The van der Waals surface area contributed by atoms with Crippen LogP contribution in [0.2, 0.25) is 0 Å². The van der Waals surface area contributed by atoms with Gasteiger partial charge >= 0.3 is 0 Å². The van der Waals surface area contributed by atoms with Gasteiger partial charge in [0.1, 0.15) is 5.82 Å². The van der Waals surface area contributed by atoms with E-state index < -0.39 is 0 Å². The van der Waals surface area contributed by atoms with Gasteiger partial charge in [-0.1, -0.05) is 32.0 Å². The molecule has 0 amide bonds. The van der Waals surface area contributed by atoms with E-state index in [1.165, 1.54) is 5.56 Å². The molecule has 2 rings (SSSR count). The number of aromatic nitrogens is 1. The van der Waals surface area contributed by atoms with Crippen LogP contribution in [-0.2, 0) is 6.42 Å². The Morgan fingerprint density at radius 3 is 2.70 bits per heavy atom. The Balaban J connectivity index is 2.20. The number of hydrogen-bond donors (Lipinski definition) is 2. The number of para-hydroxylation sites is 1. The maximum atomic E-state index is 5.86. The van der Waals surface area contributed by atoms with Gasteiger partial charge in [0.15, 0.2) is 0 Å². The monoisotopic (exact) mass is 271 g/mol. The molecule has 0 saturated heterocycles. The Morgan fingerprint density at radius 2 is 1.95 bits per heavy atom. The number of rotatable bonds is 6. The molecule has 0 fully saturated rings. The lowest BCUT2D eigenvalue weighted by Crippen LogP contribution is -2.04. The molecular formula is C16H21N3O. The van der Waals surface area contributed by atoms with Crippen LogP contribution in [0.5, 0.6) is 5.88 Å². The second-order valence-electron chi connectivity index (χ2n) is 4.58. The third kappa shape index (κ3) is 3.41. The summed E-state index contributed by atoms with van der Waals surface area (Å²) in [6.45, 7) is 4.80. The minimum Gasteiger partial charge on any atom is -0.476 e. The van der Waals surface area contributed by atoms with Crippen molar-refractivity contribution in [3.05, 3.63) is 42.0 Å². The highest BCUT2D eigenvalue weighted by atomic mass is 16.5. The molecule has 0 aliphatic heterocycles. The van der Waals surface area contributed by atoms with E-state index in [1.54, 1.807) is 0 Å². The number of nitrogen functional groups attached to an aromatic ring is 1. The maximum absolute atomic E-state index is 5.86. The minimum atomic E-state index is 0.492. The average molecular weight is 271 g/mol. The molecular weight excluding hydrogens is 250 g/mol. The fraction of sp³-hybridized carbons (Fsp3) is 0.312. The van der Waals surface area contributed by atoms with Gasteiger partial charge in [-0.25, -0.2) is 0 Å². The smallest absolute Gasteiger partial charge is 0.239 e. The van der Waals surface area contributed by atoms with Crippen LogP contribution < -0.4 is 15.8 Å². The fourth-order valence-corrected chi connectivity index (χ4v) is 1.92. The zero-order chi connectivity index (χ0) is 14.4. The van der Waals surface area contributed by atoms with E-state index in [1.807, 2.05) is 30.3 Å². The first-order valence-electron chi connectivity index (χ1n) is 6.98. The Labute approximate surface area is 120 Å². The van der Waals surface area contributed by atoms with E-state index >= 15 is 0 Å². The van der Waals surface area contributed by atoms with Crippen LogP contribution >= 0.6 is 0 Å². The molecule has 0 bridgehead atoms. The third-order valence-electron chi connectivity index (χ3n) is 2.99. The predicted octanol–water partition coefficient (Wildman–Crippen LogP) is 3.76. The van der Waals surface area contributed by atoms with E-state index in [4.69, 9.17) is 10.5 Å². The summed E-state index contributed by atoms with van der Waals surface area (Å²) in [5, 5.41) is 3.32. The first-order chi connectivity index (χ1) is 9.74. The van der Waals surface area contributed by atoms with Gasteiger partial charge in [0.05, 0.1) is 12.3 Å². The lowest BCUT2D eigenvalue weighted by atomic mass is 10.1. The van der Waals surface area contributed by atoms with Gasteiger partial charge in [0, 0.05) is 5.69 Å². The molecule has 0 spiro atoms. The van der Waals surface area contributed by atoms with Crippen LogP contribution in [0.3, 0.4) is 0 Å². The first-order valence-corrected chi connectivity index (χ1v) is 6.98. The number of benzene rings is 1. The number of pyridine rings is 1. The molecule has 1 aromatic heterocycles. The molecule has 3 N–H and O–H groups in total. The van der Waals surface area contributed by atoms with Gasteiger partial charge < -0.3 is 15.8 Å². The van der Waals surface area contributed by atoms with Gasteiger partial charge in [-0.05, 0) is 36.6 Å². The highest BCUT2D eigenvalue weighted by Gasteiger charge is 2.06. The zero-order valence-corrected chi connectivity index (χ0v) is 12.0. The Kier molecular flexibility index (Phi) is 4.82. The molecule has 2 aromatic rings. The van der Waals surface area contributed by atoms with E-state index in [0.29, 0.717) is 18.2 Å². The molecule has 0 saturated carbocycles. The summed E-state index contributed by atoms with van der Waals surface area (Å²) in [4.78, 5) is 4.42. The Morgan fingerprint density at radius 1 is 1.15 bits per heavy atom. The summed E-state index contributed by atoms with van der Waals surface area (Å²) in [5.41, 5.74) is 8.74. The van der Waals surface area contributed by atoms with Crippen molar-refractivity contribution < 1.29 is 4.74 Å². The summed E-state index contributed by atoms with van der Waals surface area (Å²) in [6.07, 6.45) is 1.90. The second-order valence-corrected chi connectivity index (χ2v) is 4.58. The lowest BCUT2D eigenvalue weighted by Gasteiger charge is -2.12. The highest BCUT2D eigenvalue weighted by Crippen LogP contribution is 2.25. The zero-order valence-electron chi connectivity index (χ0n) is 12.0. The Bertz CT molecular complexity index is 569. The van der Waals surface area contributed by atoms with Crippen molar-refractivity contribution >= 4 is 17.2 Å². The number of hydrogen-bond acceptors (Lipinski definition) is 4. The number of nitrogens with one attached hydrogen (secondary N) is 1. The van der Waals surface area contributed by atoms with E-state index in [-0.39, 0.29) is 0 Å². The van der Waals surface area contributed by atoms with Crippen molar-refractivity contribution in [1.82, 2.24) is 4.98 Å². The molecule has 0 unspecified atom stereocenters. The van der Waals surface area contributed by atoms with E-state index in [2.05, 4.69) is 30.2 Å². The van der Waals surface area contributed by atoms with Crippen LogP contribution in [0.15, 0.2) is 36.4 Å². The highest BCUT2D eigenvalue weighted by molar-refractivity contribution is 5.63. The van der Waals surface area contributed by atoms with Crippen molar-refractivity contribution in [1.29, 1.82) is 0 Å². The van der Waals surface area contributed by atoms with Gasteiger partial charge in [-0.15, -0.1) is 0 Å². The summed E-state index contributed by atoms with van der Waals surface area (Å²) < 4.78 is 5.54. The third-order valence-corrected chi connectivity index (χ3v) is 2.99. The summed E-state index contributed by atoms with van der Waals surface area (Å²) in [5.74, 6) is 1.23. The molecule has 20 heavy (non-hydrogen) atoms. The molecule has 0 aliphatic carbocycles. The summed E-state index contributed by atoms with van der Waals surface area (Å²) in [6, 6.07) is 11.9. The number of ether oxygens (including phenoxy) is 1. The maximum Gasteiger partial charge on any atom is 0.239 e. The quantitative estimate of drug-likeness (QED) is 0.839. The number of aryl methyl sites for hydroxylation is 1. The molecule has 4 nitrogen and oxygen atoms in total. The topological polar surface area (TPSA) is 60.2 Å². The number of nitrogens with zero attached hydrogens (tertiary/aromatic N) is 1. The van der Waals surface area contributed by atoms with Crippen LogP contribution in [0.4, 0.5) is 17.2 Å². The molecule has 106 valence electrons. The molecule has 0 radical (unpaired) electrons. The predicted molar refractivity (Wildman–Crippen MR) is 83.5 cm³/mol. The van der Waals surface area contributed by atoms with Gasteiger partial charge in [0.25, 0.3) is 0 Å².